The van der Waals surface area contributed by atoms with Gasteiger partial charge in [-0.05, 0) is 39.2 Å². The number of carbonyl (C=O) groups excluding carboxylic acids is 1. The predicted molar refractivity (Wildman–Crippen MR) is 84.8 cm³/mol. The molecule has 0 amide bonds. The van der Waals surface area contributed by atoms with Crippen molar-refractivity contribution in [2.24, 2.45) is 0 Å². The van der Waals surface area contributed by atoms with E-state index >= 15 is 0 Å². The van der Waals surface area contributed by atoms with Gasteiger partial charge in [-0.3, -0.25) is 4.79 Å². The molecular formula is C15H21LiO3P. The van der Waals surface area contributed by atoms with Gasteiger partial charge in [0.2, 0.25) is 0 Å². The minimum absolute atomic E-state index is 0. The molecule has 0 N–H and O–H groups in total. The molecule has 5 heteroatoms. The Balaban J connectivity index is 0.00000200. The maximum atomic E-state index is 12.4. The normalized spacial score (nSPS) is 15.9. The summed E-state index contributed by atoms with van der Waals surface area (Å²) in [7, 11) is 3.57. The molecule has 0 heterocycles. The van der Waals surface area contributed by atoms with Gasteiger partial charge in [-0.15, -0.1) is 0 Å². The average molecular weight is 287 g/mol. The average Bonchev–Trinajstić information content (AvgIpc) is 2.47. The third kappa shape index (κ3) is 4.52. The van der Waals surface area contributed by atoms with E-state index in [-0.39, 0.29) is 24.4 Å². The van der Waals surface area contributed by atoms with Crippen LogP contribution in [0.15, 0.2) is 18.2 Å². The maximum absolute atomic E-state index is 12.4. The van der Waals surface area contributed by atoms with E-state index in [0.29, 0.717) is 25.6 Å². The number of rotatable bonds is 5. The van der Waals surface area contributed by atoms with Crippen LogP contribution in [0.3, 0.4) is 0 Å². The van der Waals surface area contributed by atoms with Crippen molar-refractivity contribution in [1.29, 1.82) is 0 Å². The van der Waals surface area contributed by atoms with Gasteiger partial charge in [-0.1, -0.05) is 19.3 Å². The van der Waals surface area contributed by atoms with Crippen LogP contribution in [-0.2, 0) is 0 Å². The Bertz CT molecular complexity index is 445. The molecule has 0 aliphatic heterocycles. The first-order valence-corrected chi connectivity index (χ1v) is 7.85. The van der Waals surface area contributed by atoms with Crippen LogP contribution in [0.4, 0.5) is 0 Å². The number of carbonyl (C=O) groups is 1. The van der Waals surface area contributed by atoms with Crippen molar-refractivity contribution < 1.29 is 14.3 Å². The molecule has 105 valence electrons. The molecule has 1 fully saturated rings. The van der Waals surface area contributed by atoms with Gasteiger partial charge in [0, 0.05) is 24.9 Å². The summed E-state index contributed by atoms with van der Waals surface area (Å²) in [5.74, 6) is 1.34. The maximum Gasteiger partial charge on any atom is 0.185 e. The Morgan fingerprint density at radius 1 is 1.15 bits per heavy atom. The molecule has 1 saturated carbocycles. The summed E-state index contributed by atoms with van der Waals surface area (Å²) in [5, 5.41) is 0. The molecule has 0 aromatic heterocycles. The summed E-state index contributed by atoms with van der Waals surface area (Å²) in [4.78, 5) is 12.4. The summed E-state index contributed by atoms with van der Waals surface area (Å²) in [5.41, 5.74) is 1.48. The van der Waals surface area contributed by atoms with Gasteiger partial charge in [-0.25, -0.2) is 0 Å². The zero-order chi connectivity index (χ0) is 13.7. The largest absolute Gasteiger partial charge is 0.497 e. The van der Waals surface area contributed by atoms with E-state index in [1.54, 1.807) is 20.3 Å². The first-order valence-electron chi connectivity index (χ1n) is 6.77. The van der Waals surface area contributed by atoms with Gasteiger partial charge in [-0.2, -0.15) is 0 Å². The quantitative estimate of drug-likeness (QED) is 0.614. The number of ether oxygens (including phenoxy) is 2. The Labute approximate surface area is 134 Å². The predicted octanol–water partition coefficient (Wildman–Crippen LogP) is 3.47. The Kier molecular flexibility index (Phi) is 7.67. The second-order valence-corrected chi connectivity index (χ2v) is 6.43. The van der Waals surface area contributed by atoms with Crippen LogP contribution in [0.1, 0.15) is 42.5 Å². The van der Waals surface area contributed by atoms with E-state index in [1.165, 1.54) is 32.1 Å². The first kappa shape index (κ1) is 17.6. The molecule has 1 unspecified atom stereocenters. The molecule has 2 rings (SSSR count). The second kappa shape index (κ2) is 8.73. The van der Waals surface area contributed by atoms with E-state index in [9.17, 15) is 4.79 Å². The fourth-order valence-corrected chi connectivity index (χ4v) is 3.93. The molecule has 1 aliphatic rings. The van der Waals surface area contributed by atoms with Crippen LogP contribution >= 0.6 is 8.58 Å². The summed E-state index contributed by atoms with van der Waals surface area (Å²) >= 11 is 0. The van der Waals surface area contributed by atoms with E-state index in [0.717, 1.165) is 5.75 Å². The molecular weight excluding hydrogens is 266 g/mol. The minimum atomic E-state index is 0. The zero-order valence-electron chi connectivity index (χ0n) is 12.6. The molecule has 1 aliphatic carbocycles. The summed E-state index contributed by atoms with van der Waals surface area (Å²) in [6.07, 6.45) is 6.25. The third-order valence-electron chi connectivity index (χ3n) is 3.59. The van der Waals surface area contributed by atoms with Crippen molar-refractivity contribution in [3.8, 4) is 11.5 Å². The van der Waals surface area contributed by atoms with E-state index in [2.05, 4.69) is 0 Å². The number of methoxy groups -OCH3 is 2. The van der Waals surface area contributed by atoms with Crippen LogP contribution in [0.5, 0.6) is 11.5 Å². The topological polar surface area (TPSA) is 35.5 Å². The molecule has 1 atom stereocenters. The van der Waals surface area contributed by atoms with Crippen LogP contribution in [-0.4, -0.2) is 44.3 Å². The zero-order valence-corrected chi connectivity index (χ0v) is 13.6. The van der Waals surface area contributed by atoms with Gasteiger partial charge in [0.05, 0.1) is 19.8 Å². The molecule has 3 nitrogen and oxygen atoms in total. The fourth-order valence-electron chi connectivity index (χ4n) is 2.50. The van der Waals surface area contributed by atoms with E-state index < -0.39 is 0 Å². The van der Waals surface area contributed by atoms with Crippen molar-refractivity contribution in [3.63, 3.8) is 0 Å². The second-order valence-electron chi connectivity index (χ2n) is 4.87. The summed E-state index contributed by atoms with van der Waals surface area (Å²) < 4.78 is 10.5. The minimum Gasteiger partial charge on any atom is -0.497 e. The van der Waals surface area contributed by atoms with Crippen LogP contribution < -0.4 is 9.47 Å². The van der Waals surface area contributed by atoms with Crippen molar-refractivity contribution in [3.05, 3.63) is 23.8 Å². The van der Waals surface area contributed by atoms with Crippen LogP contribution in [0.25, 0.3) is 0 Å². The van der Waals surface area contributed by atoms with Crippen LogP contribution in [0, 0.1) is 0 Å². The van der Waals surface area contributed by atoms with Crippen molar-refractivity contribution in [1.82, 2.24) is 0 Å². The standard InChI is InChI=1S/C15H21O3P.Li/c1-17-11-8-9-13(14(10-11)18-2)15(16)19-12-6-4-3-5-7-12;/h8-10,12,19H,3-7H2,1-2H3;. The number of hydrogen-bond acceptors (Lipinski definition) is 3. The van der Waals surface area contributed by atoms with Crippen molar-refractivity contribution in [2.45, 2.75) is 37.8 Å². The monoisotopic (exact) mass is 287 g/mol. The fraction of sp³-hybridized carbons (Fsp3) is 0.533. The van der Waals surface area contributed by atoms with Gasteiger partial charge in [0.25, 0.3) is 0 Å². The molecule has 0 bridgehead atoms. The number of benzene rings is 1. The summed E-state index contributed by atoms with van der Waals surface area (Å²) in [6.45, 7) is 0. The van der Waals surface area contributed by atoms with E-state index in [4.69, 9.17) is 9.47 Å². The van der Waals surface area contributed by atoms with Gasteiger partial charge < -0.3 is 9.47 Å². The molecule has 1 aromatic carbocycles. The van der Waals surface area contributed by atoms with E-state index in [1.807, 2.05) is 12.1 Å². The molecule has 1 radical (unpaired) electrons. The van der Waals surface area contributed by atoms with Crippen molar-refractivity contribution >= 4 is 33.0 Å². The molecule has 1 aromatic rings. The van der Waals surface area contributed by atoms with Gasteiger partial charge in [0.15, 0.2) is 5.52 Å². The first-order chi connectivity index (χ1) is 9.24. The summed E-state index contributed by atoms with van der Waals surface area (Å²) in [6, 6.07) is 5.41. The van der Waals surface area contributed by atoms with Gasteiger partial charge >= 0.3 is 0 Å². The number of hydrogen-bond donors (Lipinski definition) is 0. The molecule has 0 saturated heterocycles. The molecule has 20 heavy (non-hydrogen) atoms. The van der Waals surface area contributed by atoms with Crippen molar-refractivity contribution in [2.75, 3.05) is 14.2 Å². The van der Waals surface area contributed by atoms with Crippen LogP contribution in [0.2, 0.25) is 0 Å². The smallest absolute Gasteiger partial charge is 0.185 e. The molecule has 0 spiro atoms. The third-order valence-corrected chi connectivity index (χ3v) is 5.11. The van der Waals surface area contributed by atoms with Gasteiger partial charge in [0.1, 0.15) is 11.5 Å². The Hall–Kier alpha value is -0.483. The Morgan fingerprint density at radius 3 is 2.45 bits per heavy atom. The SMILES string of the molecule is COc1ccc(C(=O)PC2CCCCC2)c(OC)c1.[Li]. The Morgan fingerprint density at radius 2 is 1.85 bits per heavy atom.